The van der Waals surface area contributed by atoms with Crippen molar-refractivity contribution in [2.45, 2.75) is 104 Å². The first-order valence-electron chi connectivity index (χ1n) is 14.2. The van der Waals surface area contributed by atoms with Crippen molar-refractivity contribution in [3.63, 3.8) is 0 Å². The molecular weight excluding hydrogens is 434 g/mol. The van der Waals surface area contributed by atoms with Gasteiger partial charge in [0.05, 0.1) is 25.5 Å². The Hall–Kier alpha value is -1.91. The highest BCUT2D eigenvalue weighted by atomic mass is 16.7. The van der Waals surface area contributed by atoms with E-state index < -0.39 is 0 Å². The highest BCUT2D eigenvalue weighted by Gasteiger charge is 2.23. The minimum Gasteiger partial charge on any atom is -0.494 e. The summed E-state index contributed by atoms with van der Waals surface area (Å²) >= 11 is 0. The summed E-state index contributed by atoms with van der Waals surface area (Å²) in [5.41, 5.74) is 3.03. The van der Waals surface area contributed by atoms with Crippen LogP contribution in [0.3, 0.4) is 0 Å². The maximum absolute atomic E-state index is 6.04. The lowest BCUT2D eigenvalue weighted by atomic mass is 10.0. The molecular formula is C31H47NO3. The summed E-state index contributed by atoms with van der Waals surface area (Å²) in [4.78, 5) is 4.66. The monoisotopic (exact) mass is 481 g/mol. The van der Waals surface area contributed by atoms with Crippen molar-refractivity contribution in [3.05, 3.63) is 48.2 Å². The topological polar surface area (TPSA) is 40.6 Å². The number of nitrogens with zero attached hydrogens (tertiary/aromatic N) is 1. The third kappa shape index (κ3) is 10.3. The standard InChI is InChI=1S/C31H47NO3/c1-3-5-7-9-10-11-12-13-15-26-24-34-31(35-25-26)28-18-21-30(32-23-28)27-16-19-29(20-17-27)33-22-14-8-6-4-2/h16-21,23,26,31H,3-15,22,24-25H2,1-2H3. The average molecular weight is 482 g/mol. The Morgan fingerprint density at radius 1 is 0.743 bits per heavy atom. The van der Waals surface area contributed by atoms with Crippen molar-refractivity contribution >= 4 is 0 Å². The van der Waals surface area contributed by atoms with E-state index in [2.05, 4.69) is 43.1 Å². The molecule has 194 valence electrons. The Kier molecular flexibility index (Phi) is 13.2. The van der Waals surface area contributed by atoms with E-state index in [-0.39, 0.29) is 6.29 Å². The van der Waals surface area contributed by atoms with Gasteiger partial charge in [0.25, 0.3) is 0 Å². The van der Waals surface area contributed by atoms with E-state index in [9.17, 15) is 0 Å². The molecule has 1 aliphatic rings. The summed E-state index contributed by atoms with van der Waals surface area (Å²) in [7, 11) is 0. The molecule has 1 aromatic carbocycles. The second-order valence-corrected chi connectivity index (χ2v) is 10.0. The van der Waals surface area contributed by atoms with Crippen molar-refractivity contribution in [1.82, 2.24) is 4.98 Å². The molecule has 0 N–H and O–H groups in total. The van der Waals surface area contributed by atoms with Gasteiger partial charge < -0.3 is 14.2 Å². The molecule has 0 unspecified atom stereocenters. The van der Waals surface area contributed by atoms with E-state index >= 15 is 0 Å². The number of ether oxygens (including phenoxy) is 3. The summed E-state index contributed by atoms with van der Waals surface area (Å²) in [6.07, 6.45) is 18.6. The van der Waals surface area contributed by atoms with Crippen LogP contribution in [0.4, 0.5) is 0 Å². The van der Waals surface area contributed by atoms with Crippen molar-refractivity contribution in [2.24, 2.45) is 5.92 Å². The van der Waals surface area contributed by atoms with Gasteiger partial charge in [-0.2, -0.15) is 0 Å². The van der Waals surface area contributed by atoms with E-state index in [1.807, 2.05) is 18.3 Å². The second kappa shape index (κ2) is 16.7. The maximum atomic E-state index is 6.04. The zero-order valence-corrected chi connectivity index (χ0v) is 22.2. The van der Waals surface area contributed by atoms with Crippen molar-refractivity contribution < 1.29 is 14.2 Å². The van der Waals surface area contributed by atoms with Crippen LogP contribution in [0.25, 0.3) is 11.3 Å². The van der Waals surface area contributed by atoms with Crippen LogP contribution < -0.4 is 4.74 Å². The zero-order chi connectivity index (χ0) is 24.6. The van der Waals surface area contributed by atoms with Crippen LogP contribution in [0, 0.1) is 5.92 Å². The summed E-state index contributed by atoms with van der Waals surface area (Å²) in [5, 5.41) is 0. The quantitative estimate of drug-likeness (QED) is 0.211. The Morgan fingerprint density at radius 2 is 1.37 bits per heavy atom. The highest BCUT2D eigenvalue weighted by Crippen LogP contribution is 2.28. The van der Waals surface area contributed by atoms with Gasteiger partial charge in [0.15, 0.2) is 6.29 Å². The van der Waals surface area contributed by atoms with Crippen LogP contribution in [-0.2, 0) is 9.47 Å². The lowest BCUT2D eigenvalue weighted by Crippen LogP contribution is -2.27. The third-order valence-corrected chi connectivity index (χ3v) is 6.91. The molecule has 0 saturated carbocycles. The first-order chi connectivity index (χ1) is 17.3. The predicted molar refractivity (Wildman–Crippen MR) is 145 cm³/mol. The van der Waals surface area contributed by atoms with Crippen LogP contribution in [0.5, 0.6) is 5.75 Å². The Morgan fingerprint density at radius 3 is 2.00 bits per heavy atom. The normalized spacial score (nSPS) is 18.0. The van der Waals surface area contributed by atoms with Crippen molar-refractivity contribution in [3.8, 4) is 17.0 Å². The Labute approximate surface area is 213 Å². The van der Waals surface area contributed by atoms with Crippen LogP contribution in [0.15, 0.2) is 42.6 Å². The first kappa shape index (κ1) is 27.7. The number of unbranched alkanes of at least 4 members (excludes halogenated alkanes) is 10. The fourth-order valence-electron chi connectivity index (χ4n) is 4.63. The molecule has 0 atom stereocenters. The molecule has 35 heavy (non-hydrogen) atoms. The molecule has 1 aromatic heterocycles. The fraction of sp³-hybridized carbons (Fsp3) is 0.645. The number of pyridine rings is 1. The van der Waals surface area contributed by atoms with E-state index in [0.29, 0.717) is 5.92 Å². The Balaban J connectivity index is 1.34. The maximum Gasteiger partial charge on any atom is 0.185 e. The van der Waals surface area contributed by atoms with E-state index in [4.69, 9.17) is 14.2 Å². The van der Waals surface area contributed by atoms with E-state index in [1.165, 1.54) is 77.0 Å². The van der Waals surface area contributed by atoms with E-state index in [0.717, 1.165) is 48.8 Å². The number of hydrogen-bond acceptors (Lipinski definition) is 4. The summed E-state index contributed by atoms with van der Waals surface area (Å²) < 4.78 is 17.9. The third-order valence-electron chi connectivity index (χ3n) is 6.91. The van der Waals surface area contributed by atoms with Crippen molar-refractivity contribution in [1.29, 1.82) is 0 Å². The van der Waals surface area contributed by atoms with Crippen LogP contribution in [0.1, 0.15) is 109 Å². The van der Waals surface area contributed by atoms with Gasteiger partial charge in [0.1, 0.15) is 5.75 Å². The molecule has 1 fully saturated rings. The predicted octanol–water partition coefficient (Wildman–Crippen LogP) is 8.90. The van der Waals surface area contributed by atoms with Gasteiger partial charge in [-0.3, -0.25) is 4.98 Å². The molecule has 0 spiro atoms. The zero-order valence-electron chi connectivity index (χ0n) is 22.2. The molecule has 0 radical (unpaired) electrons. The number of benzene rings is 1. The van der Waals surface area contributed by atoms with Gasteiger partial charge in [-0.1, -0.05) is 90.5 Å². The fourth-order valence-corrected chi connectivity index (χ4v) is 4.63. The van der Waals surface area contributed by atoms with Crippen LogP contribution >= 0.6 is 0 Å². The molecule has 1 saturated heterocycles. The lowest BCUT2D eigenvalue weighted by molar-refractivity contribution is -0.206. The summed E-state index contributed by atoms with van der Waals surface area (Å²) in [5.74, 6) is 1.44. The lowest BCUT2D eigenvalue weighted by Gasteiger charge is -2.29. The highest BCUT2D eigenvalue weighted by molar-refractivity contribution is 5.60. The van der Waals surface area contributed by atoms with Crippen LogP contribution in [-0.4, -0.2) is 24.8 Å². The molecule has 2 heterocycles. The SMILES string of the molecule is CCCCCCCCCCC1COC(c2ccc(-c3ccc(OCCCCCC)cc3)nc2)OC1. The minimum absolute atomic E-state index is 0.296. The van der Waals surface area contributed by atoms with E-state index in [1.54, 1.807) is 0 Å². The van der Waals surface area contributed by atoms with Crippen LogP contribution in [0.2, 0.25) is 0 Å². The van der Waals surface area contributed by atoms with Gasteiger partial charge in [0, 0.05) is 23.2 Å². The van der Waals surface area contributed by atoms with Gasteiger partial charge in [0.2, 0.25) is 0 Å². The summed E-state index contributed by atoms with van der Waals surface area (Å²) in [6, 6.07) is 12.3. The first-order valence-corrected chi connectivity index (χ1v) is 14.2. The number of aromatic nitrogens is 1. The molecule has 1 aliphatic heterocycles. The molecule has 0 aliphatic carbocycles. The number of rotatable bonds is 17. The minimum atomic E-state index is -0.296. The average Bonchev–Trinajstić information content (AvgIpc) is 2.91. The second-order valence-electron chi connectivity index (χ2n) is 10.0. The molecule has 0 amide bonds. The molecule has 2 aromatic rings. The Bertz CT molecular complexity index is 782. The summed E-state index contributed by atoms with van der Waals surface area (Å²) in [6.45, 7) is 6.85. The van der Waals surface area contributed by atoms with Crippen molar-refractivity contribution in [2.75, 3.05) is 19.8 Å². The molecule has 0 bridgehead atoms. The van der Waals surface area contributed by atoms with Gasteiger partial charge in [-0.05, 0) is 43.2 Å². The molecule has 3 rings (SSSR count). The van der Waals surface area contributed by atoms with Gasteiger partial charge in [-0.15, -0.1) is 0 Å². The van der Waals surface area contributed by atoms with Gasteiger partial charge in [-0.25, -0.2) is 0 Å². The van der Waals surface area contributed by atoms with Gasteiger partial charge >= 0.3 is 0 Å². The molecule has 4 nitrogen and oxygen atoms in total. The molecule has 4 heteroatoms. The number of hydrogen-bond donors (Lipinski definition) is 0. The largest absolute Gasteiger partial charge is 0.494 e. The smallest absolute Gasteiger partial charge is 0.185 e.